The Kier molecular flexibility index (Phi) is 10.3. The second kappa shape index (κ2) is 14.3. The van der Waals surface area contributed by atoms with E-state index in [1.165, 1.54) is 0 Å². The molecule has 0 N–H and O–H groups in total. The molecule has 1 aliphatic heterocycles. The van der Waals surface area contributed by atoms with Crippen molar-refractivity contribution in [2.75, 3.05) is 6.54 Å². The lowest BCUT2D eigenvalue weighted by atomic mass is 9.92. The largest absolute Gasteiger partial charge is 0.369 e. The maximum absolute atomic E-state index is 9.03. The van der Waals surface area contributed by atoms with Crippen LogP contribution < -0.4 is 0 Å². The maximum atomic E-state index is 9.03. The summed E-state index contributed by atoms with van der Waals surface area (Å²) >= 11 is 0. The highest BCUT2D eigenvalue weighted by atomic mass is 16.6. The van der Waals surface area contributed by atoms with E-state index in [9.17, 15) is 0 Å². The normalized spacial score (nSPS) is 23.2. The smallest absolute Gasteiger partial charge is 0.115 e. The molecule has 0 saturated carbocycles. The Bertz CT molecular complexity index is 1120. The van der Waals surface area contributed by atoms with Gasteiger partial charge in [0.15, 0.2) is 0 Å². The van der Waals surface area contributed by atoms with Crippen LogP contribution in [-0.2, 0) is 38.8 Å². The summed E-state index contributed by atoms with van der Waals surface area (Å²) in [5.41, 5.74) is 12.2. The van der Waals surface area contributed by atoms with Crippen molar-refractivity contribution in [2.24, 2.45) is 5.11 Å². The van der Waals surface area contributed by atoms with E-state index in [-0.39, 0.29) is 12.6 Å². The van der Waals surface area contributed by atoms with Crippen LogP contribution in [0.4, 0.5) is 0 Å². The van der Waals surface area contributed by atoms with Crippen LogP contribution in [-0.4, -0.2) is 37.1 Å². The molecule has 0 unspecified atom stereocenters. The number of hydrogen-bond donors (Lipinski definition) is 0. The summed E-state index contributed by atoms with van der Waals surface area (Å²) in [7, 11) is 0. The first-order chi connectivity index (χ1) is 18.3. The van der Waals surface area contributed by atoms with Crippen LogP contribution in [0, 0.1) is 0 Å². The van der Waals surface area contributed by atoms with Gasteiger partial charge in [-0.1, -0.05) is 102 Å². The predicted octanol–water partition coefficient (Wildman–Crippen LogP) is 6.40. The van der Waals surface area contributed by atoms with Crippen LogP contribution in [0.2, 0.25) is 0 Å². The summed E-state index contributed by atoms with van der Waals surface area (Å²) in [6.45, 7) is 5.20. The first-order valence-corrected chi connectivity index (χ1v) is 12.5. The summed E-state index contributed by atoms with van der Waals surface area (Å²) in [5, 5.41) is 3.82. The van der Waals surface area contributed by atoms with Gasteiger partial charge in [0.1, 0.15) is 18.3 Å². The van der Waals surface area contributed by atoms with E-state index in [4.69, 9.17) is 24.5 Å². The van der Waals surface area contributed by atoms with Gasteiger partial charge in [-0.25, -0.2) is 0 Å². The van der Waals surface area contributed by atoms with Crippen molar-refractivity contribution >= 4 is 0 Å². The average molecular weight is 500 g/mol. The minimum absolute atomic E-state index is 0.125. The first kappa shape index (κ1) is 26.6. The Balaban J connectivity index is 1.62. The summed E-state index contributed by atoms with van der Waals surface area (Å²) < 4.78 is 25.9. The van der Waals surface area contributed by atoms with E-state index in [2.05, 4.69) is 16.6 Å². The molecular formula is C30H33N3O4. The van der Waals surface area contributed by atoms with Gasteiger partial charge in [-0.3, -0.25) is 0 Å². The van der Waals surface area contributed by atoms with Crippen LogP contribution in [0.15, 0.2) is 109 Å². The third-order valence-electron chi connectivity index (χ3n) is 6.31. The number of ether oxygens (including phenoxy) is 4. The Hall–Kier alpha value is -3.45. The summed E-state index contributed by atoms with van der Waals surface area (Å²) in [6, 6.07) is 30.0. The lowest BCUT2D eigenvalue weighted by Gasteiger charge is -2.46. The van der Waals surface area contributed by atoms with E-state index in [0.717, 1.165) is 16.7 Å². The van der Waals surface area contributed by atoms with Crippen LogP contribution in [0.5, 0.6) is 0 Å². The van der Waals surface area contributed by atoms with E-state index in [1.807, 2.05) is 97.1 Å². The number of hydrogen-bond acceptors (Lipinski definition) is 5. The zero-order valence-corrected chi connectivity index (χ0v) is 20.8. The standard InChI is InChI=1S/C30H33N3O4/c1-2-12-26-28(34-20-23-13-6-3-7-14-23)30(36-22-25-17-10-5-11-18-25)29(27(37-26)19-32-33-31)35-21-24-15-8-4-9-16-24/h2-11,13-18,26-30H,1,12,19-22H2/t26-,27+,28-,29+,30+/m0/s1. The van der Waals surface area contributed by atoms with Gasteiger partial charge in [0.25, 0.3) is 0 Å². The molecule has 5 atom stereocenters. The predicted molar refractivity (Wildman–Crippen MR) is 143 cm³/mol. The molecule has 3 aromatic rings. The minimum Gasteiger partial charge on any atom is -0.369 e. The van der Waals surface area contributed by atoms with Crippen LogP contribution in [0.25, 0.3) is 10.4 Å². The molecule has 192 valence electrons. The molecule has 0 spiro atoms. The molecule has 3 aromatic carbocycles. The average Bonchev–Trinajstić information content (AvgIpc) is 2.95. The fourth-order valence-corrected chi connectivity index (χ4v) is 4.50. The number of benzene rings is 3. The minimum atomic E-state index is -0.517. The van der Waals surface area contributed by atoms with Crippen molar-refractivity contribution in [3.63, 3.8) is 0 Å². The zero-order chi connectivity index (χ0) is 25.7. The van der Waals surface area contributed by atoms with E-state index in [1.54, 1.807) is 0 Å². The van der Waals surface area contributed by atoms with Gasteiger partial charge in [-0.15, -0.1) is 6.58 Å². The lowest BCUT2D eigenvalue weighted by molar-refractivity contribution is -0.262. The molecule has 37 heavy (non-hydrogen) atoms. The van der Waals surface area contributed by atoms with E-state index in [0.29, 0.717) is 26.2 Å². The molecule has 4 rings (SSSR count). The Morgan fingerprint density at radius 2 is 1.14 bits per heavy atom. The second-order valence-electron chi connectivity index (χ2n) is 8.93. The zero-order valence-electron chi connectivity index (χ0n) is 20.8. The molecule has 7 nitrogen and oxygen atoms in total. The summed E-state index contributed by atoms with van der Waals surface area (Å²) in [6.07, 6.45) is 0.127. The Morgan fingerprint density at radius 1 is 0.703 bits per heavy atom. The van der Waals surface area contributed by atoms with Crippen LogP contribution >= 0.6 is 0 Å². The summed E-state index contributed by atoms with van der Waals surface area (Å²) in [4.78, 5) is 2.96. The van der Waals surface area contributed by atoms with Gasteiger partial charge in [0, 0.05) is 4.91 Å². The number of nitrogens with zero attached hydrogens (tertiary/aromatic N) is 3. The molecule has 7 heteroatoms. The molecule has 1 saturated heterocycles. The van der Waals surface area contributed by atoms with Gasteiger partial charge in [-0.2, -0.15) is 0 Å². The van der Waals surface area contributed by atoms with E-state index < -0.39 is 24.4 Å². The van der Waals surface area contributed by atoms with Gasteiger partial charge in [0.05, 0.1) is 38.6 Å². The fourth-order valence-electron chi connectivity index (χ4n) is 4.50. The van der Waals surface area contributed by atoms with Crippen molar-refractivity contribution in [1.29, 1.82) is 0 Å². The highest BCUT2D eigenvalue weighted by molar-refractivity contribution is 5.16. The van der Waals surface area contributed by atoms with Crippen molar-refractivity contribution < 1.29 is 18.9 Å². The molecule has 1 heterocycles. The third kappa shape index (κ3) is 7.76. The topological polar surface area (TPSA) is 85.7 Å². The van der Waals surface area contributed by atoms with Gasteiger partial charge >= 0.3 is 0 Å². The quantitative estimate of drug-likeness (QED) is 0.118. The monoisotopic (exact) mass is 499 g/mol. The molecule has 0 bridgehead atoms. The molecule has 1 aliphatic rings. The second-order valence-corrected chi connectivity index (χ2v) is 8.93. The maximum Gasteiger partial charge on any atom is 0.115 e. The third-order valence-corrected chi connectivity index (χ3v) is 6.31. The van der Waals surface area contributed by atoms with E-state index >= 15 is 0 Å². The Morgan fingerprint density at radius 3 is 1.57 bits per heavy atom. The molecule has 0 amide bonds. The molecule has 0 radical (unpaired) electrons. The van der Waals surface area contributed by atoms with Crippen molar-refractivity contribution in [2.45, 2.75) is 56.8 Å². The fraction of sp³-hybridized carbons (Fsp3) is 0.333. The molecular weight excluding hydrogens is 466 g/mol. The van der Waals surface area contributed by atoms with Crippen LogP contribution in [0.1, 0.15) is 23.1 Å². The first-order valence-electron chi connectivity index (χ1n) is 12.5. The SMILES string of the molecule is C=CC[C@@H]1O[C@H](CN=[N+]=[N-])[C@@H](OCc2ccccc2)[C@H](OCc2ccccc2)[C@H]1OCc1ccccc1. The van der Waals surface area contributed by atoms with Crippen LogP contribution in [0.3, 0.4) is 0 Å². The number of rotatable bonds is 13. The highest BCUT2D eigenvalue weighted by Crippen LogP contribution is 2.32. The number of azide groups is 1. The Labute approximate surface area is 218 Å². The van der Waals surface area contributed by atoms with Crippen molar-refractivity contribution in [1.82, 2.24) is 0 Å². The summed E-state index contributed by atoms with van der Waals surface area (Å²) in [5.74, 6) is 0. The molecule has 0 aliphatic carbocycles. The highest BCUT2D eigenvalue weighted by Gasteiger charge is 2.47. The van der Waals surface area contributed by atoms with Gasteiger partial charge < -0.3 is 18.9 Å². The van der Waals surface area contributed by atoms with Gasteiger partial charge in [-0.05, 0) is 28.6 Å². The molecule has 0 aromatic heterocycles. The van der Waals surface area contributed by atoms with Crippen molar-refractivity contribution in [3.8, 4) is 0 Å². The van der Waals surface area contributed by atoms with Crippen molar-refractivity contribution in [3.05, 3.63) is 131 Å². The lowest BCUT2D eigenvalue weighted by Crippen LogP contribution is -2.60. The molecule has 1 fully saturated rings. The van der Waals surface area contributed by atoms with Gasteiger partial charge in [0.2, 0.25) is 0 Å².